The Hall–Kier alpha value is -3.12. The van der Waals surface area contributed by atoms with Crippen molar-refractivity contribution in [2.24, 2.45) is 0 Å². The highest BCUT2D eigenvalue weighted by Crippen LogP contribution is 2.22. The number of aromatic nitrogens is 1. The fourth-order valence-corrected chi connectivity index (χ4v) is 2.55. The van der Waals surface area contributed by atoms with E-state index in [1.165, 1.54) is 12.1 Å². The zero-order valence-electron chi connectivity index (χ0n) is 12.7. The Kier molecular flexibility index (Phi) is 4.07. The number of allylic oxidation sites excluding steroid dienone is 1. The van der Waals surface area contributed by atoms with Crippen LogP contribution in [0.5, 0.6) is 0 Å². The third-order valence-electron chi connectivity index (χ3n) is 3.70. The van der Waals surface area contributed by atoms with E-state index in [2.05, 4.69) is 6.07 Å². The van der Waals surface area contributed by atoms with Crippen molar-refractivity contribution < 1.29 is 4.39 Å². The number of halogens is 1. The molecule has 1 aromatic heterocycles. The Morgan fingerprint density at radius 2 is 1.91 bits per heavy atom. The lowest BCUT2D eigenvalue weighted by molar-refractivity contribution is 0.627. The van der Waals surface area contributed by atoms with Gasteiger partial charge in [0.2, 0.25) is 0 Å². The highest BCUT2D eigenvalue weighted by atomic mass is 19.1. The quantitative estimate of drug-likeness (QED) is 0.627. The van der Waals surface area contributed by atoms with Crippen molar-refractivity contribution in [1.82, 2.24) is 4.57 Å². The molecule has 0 spiro atoms. The minimum absolute atomic E-state index is 0.349. The fourth-order valence-electron chi connectivity index (χ4n) is 2.55. The van der Waals surface area contributed by atoms with E-state index in [1.54, 1.807) is 18.2 Å². The normalized spacial score (nSPS) is 11.3. The van der Waals surface area contributed by atoms with E-state index in [0.717, 1.165) is 16.9 Å². The molecule has 23 heavy (non-hydrogen) atoms. The number of benzene rings is 2. The summed E-state index contributed by atoms with van der Waals surface area (Å²) in [5.74, 6) is -0.349. The van der Waals surface area contributed by atoms with Crippen molar-refractivity contribution in [3.63, 3.8) is 0 Å². The molecule has 0 radical (unpaired) electrons. The second-order valence-corrected chi connectivity index (χ2v) is 5.27. The maximum atomic E-state index is 13.4. The van der Waals surface area contributed by atoms with Gasteiger partial charge in [0.05, 0.1) is 11.6 Å². The van der Waals surface area contributed by atoms with Crippen molar-refractivity contribution in [3.8, 4) is 11.8 Å². The molecule has 0 saturated carbocycles. The van der Waals surface area contributed by atoms with E-state index >= 15 is 0 Å². The van der Waals surface area contributed by atoms with Crippen molar-refractivity contribution in [2.45, 2.75) is 6.92 Å². The zero-order chi connectivity index (χ0) is 16.2. The summed E-state index contributed by atoms with van der Waals surface area (Å²) < 4.78 is 15.4. The smallest absolute Gasteiger partial charge is 0.123 e. The molecule has 0 fully saturated rings. The standard InChI is InChI=1S/C20H15FN2/c1-15-6-2-3-10-20(15)23-11-5-9-19(23)13-17(14-22)16-7-4-8-18(21)12-16/h2-13H,1H3/b17-13-. The first-order valence-corrected chi connectivity index (χ1v) is 7.30. The van der Waals surface area contributed by atoms with Crippen LogP contribution in [0.4, 0.5) is 4.39 Å². The van der Waals surface area contributed by atoms with Crippen LogP contribution in [0, 0.1) is 24.1 Å². The summed E-state index contributed by atoms with van der Waals surface area (Å²) in [6.45, 7) is 2.04. The highest BCUT2D eigenvalue weighted by Gasteiger charge is 2.07. The first-order chi connectivity index (χ1) is 11.2. The van der Waals surface area contributed by atoms with Crippen LogP contribution in [0.15, 0.2) is 66.9 Å². The van der Waals surface area contributed by atoms with E-state index in [-0.39, 0.29) is 5.82 Å². The maximum Gasteiger partial charge on any atom is 0.123 e. The van der Waals surface area contributed by atoms with Gasteiger partial charge in [0.25, 0.3) is 0 Å². The molecule has 0 amide bonds. The second kappa shape index (κ2) is 6.33. The number of para-hydroxylation sites is 1. The predicted octanol–water partition coefficient (Wildman–Crippen LogP) is 4.99. The lowest BCUT2D eigenvalue weighted by Crippen LogP contribution is -1.97. The van der Waals surface area contributed by atoms with E-state index in [0.29, 0.717) is 11.1 Å². The van der Waals surface area contributed by atoms with E-state index in [9.17, 15) is 9.65 Å². The highest BCUT2D eigenvalue weighted by molar-refractivity contribution is 5.89. The molecular formula is C20H15FN2. The van der Waals surface area contributed by atoms with Gasteiger partial charge in [0.1, 0.15) is 5.82 Å². The molecular weight excluding hydrogens is 287 g/mol. The van der Waals surface area contributed by atoms with Crippen molar-refractivity contribution in [3.05, 3.63) is 89.5 Å². The molecule has 0 atom stereocenters. The van der Waals surface area contributed by atoms with Crippen LogP contribution in [0.2, 0.25) is 0 Å². The van der Waals surface area contributed by atoms with Crippen LogP contribution in [0.1, 0.15) is 16.8 Å². The van der Waals surface area contributed by atoms with Crippen LogP contribution in [0.25, 0.3) is 17.3 Å². The van der Waals surface area contributed by atoms with Crippen LogP contribution in [-0.2, 0) is 0 Å². The van der Waals surface area contributed by atoms with Gasteiger partial charge in [0, 0.05) is 17.6 Å². The molecule has 2 aromatic carbocycles. The third kappa shape index (κ3) is 3.07. The average molecular weight is 302 g/mol. The molecule has 0 aliphatic rings. The van der Waals surface area contributed by atoms with Crippen LogP contribution in [0.3, 0.4) is 0 Å². The molecule has 3 aromatic rings. The molecule has 0 aliphatic carbocycles. The minimum atomic E-state index is -0.349. The van der Waals surface area contributed by atoms with Gasteiger partial charge in [-0.05, 0) is 54.5 Å². The number of nitriles is 1. The van der Waals surface area contributed by atoms with Gasteiger partial charge in [-0.1, -0.05) is 30.3 Å². The minimum Gasteiger partial charge on any atom is -0.317 e. The number of hydrogen-bond donors (Lipinski definition) is 0. The third-order valence-corrected chi connectivity index (χ3v) is 3.70. The molecule has 0 saturated heterocycles. The number of hydrogen-bond acceptors (Lipinski definition) is 1. The van der Waals surface area contributed by atoms with Gasteiger partial charge in [-0.2, -0.15) is 5.26 Å². The molecule has 0 aliphatic heterocycles. The molecule has 2 nitrogen and oxygen atoms in total. The van der Waals surface area contributed by atoms with E-state index < -0.39 is 0 Å². The molecule has 3 rings (SSSR count). The van der Waals surface area contributed by atoms with Gasteiger partial charge in [0.15, 0.2) is 0 Å². The second-order valence-electron chi connectivity index (χ2n) is 5.27. The van der Waals surface area contributed by atoms with Crippen LogP contribution < -0.4 is 0 Å². The van der Waals surface area contributed by atoms with Crippen LogP contribution in [-0.4, -0.2) is 4.57 Å². The molecule has 3 heteroatoms. The Morgan fingerprint density at radius 3 is 2.65 bits per heavy atom. The lowest BCUT2D eigenvalue weighted by Gasteiger charge is -2.10. The van der Waals surface area contributed by atoms with Crippen LogP contribution >= 0.6 is 0 Å². The topological polar surface area (TPSA) is 28.7 Å². The Labute approximate surface area is 134 Å². The number of rotatable bonds is 3. The lowest BCUT2D eigenvalue weighted by atomic mass is 10.1. The summed E-state index contributed by atoms with van der Waals surface area (Å²) in [5.41, 5.74) is 4.08. The van der Waals surface area contributed by atoms with Gasteiger partial charge >= 0.3 is 0 Å². The number of nitrogens with zero attached hydrogens (tertiary/aromatic N) is 2. The summed E-state index contributed by atoms with van der Waals surface area (Å²) in [7, 11) is 0. The van der Waals surface area contributed by atoms with E-state index in [1.807, 2.05) is 54.1 Å². The van der Waals surface area contributed by atoms with Gasteiger partial charge in [-0.25, -0.2) is 4.39 Å². The monoisotopic (exact) mass is 302 g/mol. The largest absolute Gasteiger partial charge is 0.317 e. The summed E-state index contributed by atoms with van der Waals surface area (Å²) in [5, 5.41) is 9.44. The van der Waals surface area contributed by atoms with Crippen molar-refractivity contribution >= 4 is 11.6 Å². The summed E-state index contributed by atoms with van der Waals surface area (Å²) in [6, 6.07) is 20.1. The summed E-state index contributed by atoms with van der Waals surface area (Å²) in [4.78, 5) is 0. The zero-order valence-corrected chi connectivity index (χ0v) is 12.7. The molecule has 0 unspecified atom stereocenters. The average Bonchev–Trinajstić information content (AvgIpc) is 3.01. The van der Waals surface area contributed by atoms with Crippen molar-refractivity contribution in [1.29, 1.82) is 5.26 Å². The Bertz CT molecular complexity index is 913. The molecule has 0 N–H and O–H groups in total. The maximum absolute atomic E-state index is 13.4. The predicted molar refractivity (Wildman–Crippen MR) is 90.4 cm³/mol. The molecule has 1 heterocycles. The van der Waals surface area contributed by atoms with Gasteiger partial charge < -0.3 is 4.57 Å². The first kappa shape index (κ1) is 14.8. The molecule has 0 bridgehead atoms. The van der Waals surface area contributed by atoms with Gasteiger partial charge in [-0.15, -0.1) is 0 Å². The SMILES string of the molecule is Cc1ccccc1-n1cccc1/C=C(/C#N)c1cccc(F)c1. The summed E-state index contributed by atoms with van der Waals surface area (Å²) >= 11 is 0. The number of aryl methyl sites for hydroxylation is 1. The Balaban J connectivity index is 2.08. The fraction of sp³-hybridized carbons (Fsp3) is 0.0500. The van der Waals surface area contributed by atoms with Crippen molar-refractivity contribution in [2.75, 3.05) is 0 Å². The van der Waals surface area contributed by atoms with E-state index in [4.69, 9.17) is 0 Å². The summed E-state index contributed by atoms with van der Waals surface area (Å²) in [6.07, 6.45) is 3.73. The first-order valence-electron chi connectivity index (χ1n) is 7.30. The molecule has 112 valence electrons. The van der Waals surface area contributed by atoms with Gasteiger partial charge in [-0.3, -0.25) is 0 Å². The Morgan fingerprint density at radius 1 is 1.09 bits per heavy atom.